The van der Waals surface area contributed by atoms with Gasteiger partial charge in [-0.1, -0.05) is 125 Å². The van der Waals surface area contributed by atoms with Crippen molar-refractivity contribution in [3.8, 4) is 0 Å². The molecule has 3 aromatic rings. The summed E-state index contributed by atoms with van der Waals surface area (Å²) in [6.45, 7) is 21.2. The molecule has 2 aliphatic heterocycles. The van der Waals surface area contributed by atoms with Crippen LogP contribution in [0, 0.1) is 43.4 Å². The Bertz CT molecular complexity index is 2460. The van der Waals surface area contributed by atoms with Gasteiger partial charge in [-0.05, 0) is 87.0 Å². The molecule has 5 atom stereocenters. The molecule has 6 rings (SSSR count). The molecule has 1 N–H and O–H groups in total. The molecule has 3 aliphatic rings. The molecule has 1 unspecified atom stereocenters. The molecule has 322 valence electrons. The maximum Gasteiger partial charge on any atom is 2.00 e. The van der Waals surface area contributed by atoms with Gasteiger partial charge in [-0.25, -0.2) is 0 Å². The van der Waals surface area contributed by atoms with Gasteiger partial charge in [0, 0.05) is 12.0 Å². The second-order valence-electron chi connectivity index (χ2n) is 17.5. The molecule has 0 amide bonds. The first kappa shape index (κ1) is 47.6. The summed E-state index contributed by atoms with van der Waals surface area (Å²) in [6, 6.07) is -0.649. The molecule has 3 aromatic heterocycles. The molecular formula is C50H62MgN4O6-2. The molecule has 0 aromatic carbocycles. The number of aromatic nitrogens is 3. The molecule has 8 bridgehead atoms. The molecular weight excluding hydrogens is 777 g/mol. The van der Waals surface area contributed by atoms with Gasteiger partial charge in [0.15, 0.2) is 5.78 Å². The van der Waals surface area contributed by atoms with Gasteiger partial charge < -0.3 is 34.8 Å². The monoisotopic (exact) mass is 838 g/mol. The van der Waals surface area contributed by atoms with Crippen molar-refractivity contribution in [2.45, 2.75) is 119 Å². The van der Waals surface area contributed by atoms with Crippen LogP contribution >= 0.6 is 0 Å². The molecule has 0 saturated carbocycles. The van der Waals surface area contributed by atoms with Crippen molar-refractivity contribution in [2.75, 3.05) is 13.7 Å². The second kappa shape index (κ2) is 20.6. The Morgan fingerprint density at radius 2 is 1.67 bits per heavy atom. The van der Waals surface area contributed by atoms with Crippen molar-refractivity contribution in [1.29, 1.82) is 0 Å². The molecule has 5 heterocycles. The number of esters is 2. The van der Waals surface area contributed by atoms with Crippen molar-refractivity contribution in [2.24, 2.45) is 29.6 Å². The number of allylic oxidation sites excluding steroid dienone is 2. The van der Waals surface area contributed by atoms with Gasteiger partial charge in [-0.3, -0.25) is 14.4 Å². The first-order valence-corrected chi connectivity index (χ1v) is 21.8. The van der Waals surface area contributed by atoms with Crippen molar-refractivity contribution in [3.05, 3.63) is 95.4 Å². The van der Waals surface area contributed by atoms with E-state index in [1.807, 2.05) is 45.1 Å². The van der Waals surface area contributed by atoms with E-state index in [0.717, 1.165) is 47.4 Å². The Morgan fingerprint density at radius 3 is 2.34 bits per heavy atom. The Kier molecular flexibility index (Phi) is 16.1. The Balaban J connectivity index is 0.00000704. The number of methoxy groups -OCH3 is 1. The average molecular weight is 839 g/mol. The minimum Gasteiger partial charge on any atom is -0.681 e. The Hall–Kier alpha value is -4.48. The fourth-order valence-corrected chi connectivity index (χ4v) is 9.34. The third kappa shape index (κ3) is 9.93. The number of hydrogen-bond donors (Lipinski definition) is 1. The van der Waals surface area contributed by atoms with E-state index in [0.29, 0.717) is 73.8 Å². The number of Topliss-reactive ketones (excluding diaryl/α,β-unsaturated/α-hetero) is 1. The smallest absolute Gasteiger partial charge is 0.681 e. The van der Waals surface area contributed by atoms with Crippen molar-refractivity contribution in [3.63, 3.8) is 0 Å². The first-order chi connectivity index (χ1) is 28.7. The minimum absolute atomic E-state index is 0. The van der Waals surface area contributed by atoms with Gasteiger partial charge in [0.25, 0.3) is 0 Å². The van der Waals surface area contributed by atoms with Crippen LogP contribution in [0.1, 0.15) is 143 Å². The van der Waals surface area contributed by atoms with Crippen LogP contribution in [0.25, 0.3) is 41.5 Å². The number of carbonyl (C=O) groups is 3. The summed E-state index contributed by atoms with van der Waals surface area (Å²) in [5.74, 6) is -1.56. The fraction of sp³-hybridized carbons (Fsp3) is 0.500. The van der Waals surface area contributed by atoms with Crippen LogP contribution in [0.2, 0.25) is 0 Å². The summed E-state index contributed by atoms with van der Waals surface area (Å²) < 4.78 is 11.0. The van der Waals surface area contributed by atoms with E-state index < -0.39 is 17.9 Å². The maximum atomic E-state index is 14.3. The molecule has 10 nitrogen and oxygen atoms in total. The molecule has 0 radical (unpaired) electrons. The van der Waals surface area contributed by atoms with Gasteiger partial charge >= 0.3 is 35.0 Å². The maximum absolute atomic E-state index is 14.3. The molecule has 1 fully saturated rings. The van der Waals surface area contributed by atoms with Crippen LogP contribution in [-0.2, 0) is 25.5 Å². The Labute approximate surface area is 377 Å². The Morgan fingerprint density at radius 1 is 0.951 bits per heavy atom. The first-order valence-electron chi connectivity index (χ1n) is 21.8. The van der Waals surface area contributed by atoms with Crippen molar-refractivity contribution >= 4 is 76.9 Å². The topological polar surface area (TPSA) is 146 Å². The molecule has 61 heavy (non-hydrogen) atoms. The summed E-state index contributed by atoms with van der Waals surface area (Å²) in [4.78, 5) is 56.3. The van der Waals surface area contributed by atoms with Gasteiger partial charge in [-0.2, -0.15) is 5.70 Å². The number of hydrogen-bond acceptors (Lipinski definition) is 6. The summed E-state index contributed by atoms with van der Waals surface area (Å²) in [5, 5.41) is 17.8. The molecule has 1 aliphatic carbocycles. The summed E-state index contributed by atoms with van der Waals surface area (Å²) in [5.41, 5.74) is 7.97. The van der Waals surface area contributed by atoms with Crippen LogP contribution in [-0.4, -0.2) is 65.6 Å². The number of aliphatic hydroxyl groups excluding tert-OH is 1. The minimum atomic E-state index is -1.22. The predicted molar refractivity (Wildman–Crippen MR) is 243 cm³/mol. The third-order valence-corrected chi connectivity index (χ3v) is 13.0. The van der Waals surface area contributed by atoms with Crippen LogP contribution < -0.4 is 36.2 Å². The molecule has 0 spiro atoms. The SMILES string of the molecule is C=Cc1c2[n-]c(c1C)/C=C1\[N-]C(C3=c4[n-]/c(c(C)c4C(=O)[C@@H]3C(=O)OC)=C\c3[n-]c(/c(=C\O)c3CC)=C\2)[C@@H](CCC(=O)OC/C=C(/C)CCC[C@H](C)CCCC(C)C)[C@@H]1C.[Mg+2]. The van der Waals surface area contributed by atoms with E-state index in [1.165, 1.54) is 38.4 Å². The normalized spacial score (nSPS) is 22.1. The van der Waals surface area contributed by atoms with Crippen LogP contribution in [0.4, 0.5) is 0 Å². The number of nitrogens with zero attached hydrogens (tertiary/aromatic N) is 4. The summed E-state index contributed by atoms with van der Waals surface area (Å²) >= 11 is 0. The van der Waals surface area contributed by atoms with E-state index >= 15 is 0 Å². The van der Waals surface area contributed by atoms with Crippen LogP contribution in [0.3, 0.4) is 0 Å². The number of aliphatic hydroxyl groups is 1. The standard InChI is InChI=1S/C50H62N4O6.Mg/c1-11-33-30(7)37-23-38-31(8)35(19-20-43(56)60-22-21-29(6)18-14-17-28(5)16-13-15-27(3)4)47(53-38)45-46(50(58)59-10)49(57)44-32(9)39(54-48(44)45)24-41-34(12-2)36(26-55)42(52-41)25-40(33)51-37;/h11,21,23-28,31,35,46-47H,1,12-20,22H2,2-10H3,(H,55,57);/q-4;+2/b29-21-,38-23-,42-25-;/t28-,31+,35+,46-,47?;/m1./s1. The van der Waals surface area contributed by atoms with Crippen LogP contribution in [0.15, 0.2) is 23.9 Å². The van der Waals surface area contributed by atoms with E-state index in [1.54, 1.807) is 6.08 Å². The van der Waals surface area contributed by atoms with Gasteiger partial charge in [0.2, 0.25) is 0 Å². The quantitative estimate of drug-likeness (QED) is 0.0755. The summed E-state index contributed by atoms with van der Waals surface area (Å²) in [6.07, 6.45) is 18.8. The summed E-state index contributed by atoms with van der Waals surface area (Å²) in [7, 11) is 1.28. The zero-order chi connectivity index (χ0) is 43.4. The average Bonchev–Trinajstić information content (AvgIpc) is 3.96. The largest absolute Gasteiger partial charge is 2.00 e. The third-order valence-electron chi connectivity index (χ3n) is 13.0. The van der Waals surface area contributed by atoms with E-state index in [9.17, 15) is 19.5 Å². The van der Waals surface area contributed by atoms with Gasteiger partial charge in [0.05, 0.1) is 13.4 Å². The second-order valence-corrected chi connectivity index (χ2v) is 17.5. The number of ketones is 1. The van der Waals surface area contributed by atoms with E-state index in [4.69, 9.17) is 29.7 Å². The zero-order valence-corrected chi connectivity index (χ0v) is 39.1. The van der Waals surface area contributed by atoms with Crippen molar-refractivity contribution < 1.29 is 29.0 Å². The fourth-order valence-electron chi connectivity index (χ4n) is 9.34. The number of rotatable bonds is 16. The molecule has 1 saturated heterocycles. The van der Waals surface area contributed by atoms with E-state index in [2.05, 4.69) is 41.2 Å². The van der Waals surface area contributed by atoms with Crippen molar-refractivity contribution in [1.82, 2.24) is 15.0 Å². The number of carbonyl (C=O) groups excluding carboxylic acids is 3. The number of fused-ring (bicyclic) bond motifs is 8. The number of ether oxygens (including phenoxy) is 2. The zero-order valence-electron chi connectivity index (χ0n) is 37.7. The van der Waals surface area contributed by atoms with E-state index in [-0.39, 0.29) is 59.7 Å². The molecule has 11 heteroatoms. The predicted octanol–water partition coefficient (Wildman–Crippen LogP) is 6.35. The van der Waals surface area contributed by atoms with Gasteiger partial charge in [0.1, 0.15) is 12.5 Å². The van der Waals surface area contributed by atoms with Crippen LogP contribution in [0.5, 0.6) is 0 Å². The van der Waals surface area contributed by atoms with Gasteiger partial charge in [-0.15, -0.1) is 33.1 Å².